The third-order valence-corrected chi connectivity index (χ3v) is 4.23. The van der Waals surface area contributed by atoms with E-state index in [2.05, 4.69) is 5.32 Å². The normalized spacial score (nSPS) is 11.7. The second kappa shape index (κ2) is 8.49. The minimum Gasteiger partial charge on any atom is -0.492 e. The molecule has 1 amide bonds. The zero-order valence-electron chi connectivity index (χ0n) is 12.9. The molecule has 0 aliphatic heterocycles. The fourth-order valence-electron chi connectivity index (χ4n) is 1.88. The Bertz CT molecular complexity index is 584. The van der Waals surface area contributed by atoms with Gasteiger partial charge >= 0.3 is 0 Å². The zero-order chi connectivity index (χ0) is 15.8. The van der Waals surface area contributed by atoms with Gasteiger partial charge in [0, 0.05) is 4.90 Å². The van der Waals surface area contributed by atoms with Crippen LogP contribution in [0.25, 0.3) is 0 Å². The molecule has 2 aromatic rings. The van der Waals surface area contributed by atoms with Crippen LogP contribution in [0.5, 0.6) is 5.75 Å². The molecular weight excluding hydrogens is 294 g/mol. The van der Waals surface area contributed by atoms with Crippen LogP contribution in [0.1, 0.15) is 12.5 Å². The fourth-order valence-corrected chi connectivity index (χ4v) is 2.79. The highest BCUT2D eigenvalue weighted by atomic mass is 32.2. The Morgan fingerprint density at radius 2 is 1.82 bits per heavy atom. The quantitative estimate of drug-likeness (QED) is 0.626. The van der Waals surface area contributed by atoms with Crippen molar-refractivity contribution >= 4 is 17.7 Å². The molecule has 0 aliphatic rings. The van der Waals surface area contributed by atoms with Crippen LogP contribution in [-0.2, 0) is 4.79 Å². The van der Waals surface area contributed by atoms with Gasteiger partial charge in [0.05, 0.1) is 11.8 Å². The Labute approximate surface area is 136 Å². The number of carbonyl (C=O) groups excluding carboxylic acids is 1. The van der Waals surface area contributed by atoms with E-state index in [4.69, 9.17) is 4.74 Å². The average molecular weight is 315 g/mol. The number of nitrogens with one attached hydrogen (secondary N) is 1. The summed E-state index contributed by atoms with van der Waals surface area (Å²) in [5.41, 5.74) is 1.20. The van der Waals surface area contributed by atoms with E-state index < -0.39 is 0 Å². The standard InChI is InChI=1S/C18H21NO2S/c1-14-8-10-16(11-9-14)21-13-12-19-18(20)15(2)22-17-6-4-3-5-7-17/h3-11,15H,12-13H2,1-2H3,(H,19,20)/t15-/m1/s1. The van der Waals surface area contributed by atoms with Crippen LogP contribution in [0.3, 0.4) is 0 Å². The van der Waals surface area contributed by atoms with Gasteiger partial charge in [-0.05, 0) is 38.1 Å². The molecule has 0 aliphatic carbocycles. The molecule has 1 atom stereocenters. The smallest absolute Gasteiger partial charge is 0.233 e. The Morgan fingerprint density at radius 3 is 2.50 bits per heavy atom. The summed E-state index contributed by atoms with van der Waals surface area (Å²) in [5.74, 6) is 0.855. The first-order valence-corrected chi connectivity index (χ1v) is 8.22. The molecule has 0 unspecified atom stereocenters. The summed E-state index contributed by atoms with van der Waals surface area (Å²) in [7, 11) is 0. The van der Waals surface area contributed by atoms with Gasteiger partial charge in [-0.15, -0.1) is 11.8 Å². The number of ether oxygens (including phenoxy) is 1. The van der Waals surface area contributed by atoms with Crippen LogP contribution in [-0.4, -0.2) is 24.3 Å². The molecule has 0 spiro atoms. The van der Waals surface area contributed by atoms with Gasteiger partial charge in [-0.2, -0.15) is 0 Å². The summed E-state index contributed by atoms with van der Waals surface area (Å²) in [6, 6.07) is 17.8. The highest BCUT2D eigenvalue weighted by molar-refractivity contribution is 8.00. The number of rotatable bonds is 7. The third-order valence-electron chi connectivity index (χ3n) is 3.12. The lowest BCUT2D eigenvalue weighted by atomic mass is 10.2. The van der Waals surface area contributed by atoms with Crippen molar-refractivity contribution in [1.82, 2.24) is 5.32 Å². The van der Waals surface area contributed by atoms with E-state index >= 15 is 0 Å². The summed E-state index contributed by atoms with van der Waals surface area (Å²) < 4.78 is 5.59. The first-order valence-electron chi connectivity index (χ1n) is 7.34. The SMILES string of the molecule is Cc1ccc(OCCNC(=O)[C@@H](C)Sc2ccccc2)cc1. The first-order chi connectivity index (χ1) is 10.6. The third kappa shape index (κ3) is 5.45. The van der Waals surface area contributed by atoms with Crippen molar-refractivity contribution < 1.29 is 9.53 Å². The summed E-state index contributed by atoms with van der Waals surface area (Å²) in [6.07, 6.45) is 0. The average Bonchev–Trinajstić information content (AvgIpc) is 2.54. The van der Waals surface area contributed by atoms with Crippen molar-refractivity contribution in [1.29, 1.82) is 0 Å². The second-order valence-electron chi connectivity index (χ2n) is 5.03. The van der Waals surface area contributed by atoms with Gasteiger partial charge in [0.1, 0.15) is 12.4 Å². The topological polar surface area (TPSA) is 38.3 Å². The van der Waals surface area contributed by atoms with E-state index in [1.54, 1.807) is 11.8 Å². The lowest BCUT2D eigenvalue weighted by molar-refractivity contribution is -0.120. The van der Waals surface area contributed by atoms with E-state index in [9.17, 15) is 4.79 Å². The van der Waals surface area contributed by atoms with Gasteiger partial charge in [-0.1, -0.05) is 35.9 Å². The van der Waals surface area contributed by atoms with Crippen molar-refractivity contribution in [2.24, 2.45) is 0 Å². The number of thioether (sulfide) groups is 1. The lowest BCUT2D eigenvalue weighted by Gasteiger charge is -2.12. The van der Waals surface area contributed by atoms with Gasteiger partial charge in [0.2, 0.25) is 5.91 Å². The van der Waals surface area contributed by atoms with Crippen molar-refractivity contribution in [2.45, 2.75) is 24.0 Å². The molecule has 4 heteroatoms. The Hall–Kier alpha value is -1.94. The van der Waals surface area contributed by atoms with Crippen LogP contribution in [0.4, 0.5) is 0 Å². The van der Waals surface area contributed by atoms with Crippen molar-refractivity contribution in [3.63, 3.8) is 0 Å². The lowest BCUT2D eigenvalue weighted by Crippen LogP contribution is -2.33. The monoisotopic (exact) mass is 315 g/mol. The maximum atomic E-state index is 12.0. The second-order valence-corrected chi connectivity index (χ2v) is 6.44. The number of hydrogen-bond donors (Lipinski definition) is 1. The van der Waals surface area contributed by atoms with E-state index in [0.29, 0.717) is 13.2 Å². The van der Waals surface area contributed by atoms with Gasteiger partial charge in [0.25, 0.3) is 0 Å². The van der Waals surface area contributed by atoms with Crippen LogP contribution >= 0.6 is 11.8 Å². The molecule has 0 saturated heterocycles. The van der Waals surface area contributed by atoms with E-state index in [0.717, 1.165) is 10.6 Å². The molecule has 2 rings (SSSR count). The predicted molar refractivity (Wildman–Crippen MR) is 91.4 cm³/mol. The molecule has 116 valence electrons. The number of aryl methyl sites for hydroxylation is 1. The Kier molecular flexibility index (Phi) is 6.34. The van der Waals surface area contributed by atoms with Gasteiger partial charge in [-0.25, -0.2) is 0 Å². The number of benzene rings is 2. The zero-order valence-corrected chi connectivity index (χ0v) is 13.7. The van der Waals surface area contributed by atoms with Gasteiger partial charge in [-0.3, -0.25) is 4.79 Å². The number of amides is 1. The number of hydrogen-bond acceptors (Lipinski definition) is 3. The molecule has 0 bridgehead atoms. The predicted octanol–water partition coefficient (Wildman–Crippen LogP) is 3.67. The van der Waals surface area contributed by atoms with Gasteiger partial charge in [0.15, 0.2) is 0 Å². The molecule has 2 aromatic carbocycles. The Balaban J connectivity index is 1.67. The molecule has 1 N–H and O–H groups in total. The van der Waals surface area contributed by atoms with E-state index in [-0.39, 0.29) is 11.2 Å². The molecule has 0 fully saturated rings. The minimum atomic E-state index is -0.123. The summed E-state index contributed by atoms with van der Waals surface area (Å²) in [4.78, 5) is 13.1. The number of carbonyl (C=O) groups is 1. The molecule has 3 nitrogen and oxygen atoms in total. The highest BCUT2D eigenvalue weighted by Gasteiger charge is 2.13. The van der Waals surface area contributed by atoms with Crippen LogP contribution in [0, 0.1) is 6.92 Å². The molecule has 0 radical (unpaired) electrons. The maximum absolute atomic E-state index is 12.0. The van der Waals surface area contributed by atoms with Crippen LogP contribution < -0.4 is 10.1 Å². The van der Waals surface area contributed by atoms with Gasteiger partial charge < -0.3 is 10.1 Å². The summed E-state index contributed by atoms with van der Waals surface area (Å²) in [5, 5.41) is 2.78. The molecule has 22 heavy (non-hydrogen) atoms. The molecule has 0 aromatic heterocycles. The van der Waals surface area contributed by atoms with Crippen LogP contribution in [0.2, 0.25) is 0 Å². The van der Waals surface area contributed by atoms with Crippen molar-refractivity contribution in [3.05, 3.63) is 60.2 Å². The fraction of sp³-hybridized carbons (Fsp3) is 0.278. The van der Waals surface area contributed by atoms with Crippen molar-refractivity contribution in [3.8, 4) is 5.75 Å². The highest BCUT2D eigenvalue weighted by Crippen LogP contribution is 2.22. The summed E-state index contributed by atoms with van der Waals surface area (Å²) in [6.45, 7) is 4.92. The van der Waals surface area contributed by atoms with Crippen LogP contribution in [0.15, 0.2) is 59.5 Å². The largest absolute Gasteiger partial charge is 0.492 e. The summed E-state index contributed by atoms with van der Waals surface area (Å²) >= 11 is 1.55. The van der Waals surface area contributed by atoms with E-state index in [1.165, 1.54) is 5.56 Å². The molecule has 0 heterocycles. The molecular formula is C18H21NO2S. The maximum Gasteiger partial charge on any atom is 0.233 e. The minimum absolute atomic E-state index is 0.0290. The van der Waals surface area contributed by atoms with Crippen molar-refractivity contribution in [2.75, 3.05) is 13.2 Å². The molecule has 0 saturated carbocycles. The Morgan fingerprint density at radius 1 is 1.14 bits per heavy atom. The van der Waals surface area contributed by atoms with E-state index in [1.807, 2.05) is 68.4 Å². The first kappa shape index (κ1) is 16.4.